The number of piperazine rings is 1. The first-order valence-electron chi connectivity index (χ1n) is 8.38. The summed E-state index contributed by atoms with van der Waals surface area (Å²) in [7, 11) is 3.44. The summed E-state index contributed by atoms with van der Waals surface area (Å²) in [5, 5.41) is 7.41. The van der Waals surface area contributed by atoms with E-state index in [1.54, 1.807) is 36.2 Å². The molecule has 3 rings (SSSR count). The SMILES string of the molecule is COc1cc(C(=O)N2CCNC[C@H]2C)ccc1OCc1cnn(C)c1. The fourth-order valence-electron chi connectivity index (χ4n) is 2.94. The van der Waals surface area contributed by atoms with Gasteiger partial charge in [-0.1, -0.05) is 0 Å². The first-order chi connectivity index (χ1) is 12.1. The Labute approximate surface area is 147 Å². The number of amides is 1. The smallest absolute Gasteiger partial charge is 0.254 e. The highest BCUT2D eigenvalue weighted by atomic mass is 16.5. The Morgan fingerprint density at radius 2 is 2.24 bits per heavy atom. The zero-order valence-corrected chi connectivity index (χ0v) is 14.9. The quantitative estimate of drug-likeness (QED) is 0.889. The van der Waals surface area contributed by atoms with Gasteiger partial charge in [0.1, 0.15) is 6.61 Å². The molecule has 1 fully saturated rings. The molecule has 7 nitrogen and oxygen atoms in total. The first kappa shape index (κ1) is 17.3. The Balaban J connectivity index is 1.73. The number of benzene rings is 1. The average Bonchev–Trinajstić information content (AvgIpc) is 3.05. The monoisotopic (exact) mass is 344 g/mol. The zero-order valence-electron chi connectivity index (χ0n) is 14.9. The molecule has 0 radical (unpaired) electrons. The summed E-state index contributed by atoms with van der Waals surface area (Å²) in [6.07, 6.45) is 3.66. The van der Waals surface area contributed by atoms with Crippen LogP contribution in [-0.2, 0) is 13.7 Å². The fraction of sp³-hybridized carbons (Fsp3) is 0.444. The number of carbonyl (C=O) groups excluding carboxylic acids is 1. The molecule has 0 aliphatic carbocycles. The van der Waals surface area contributed by atoms with Crippen LogP contribution >= 0.6 is 0 Å². The lowest BCUT2D eigenvalue weighted by molar-refractivity contribution is 0.0655. The van der Waals surface area contributed by atoms with Crippen LogP contribution in [0.5, 0.6) is 11.5 Å². The molecule has 25 heavy (non-hydrogen) atoms. The third kappa shape index (κ3) is 3.93. The van der Waals surface area contributed by atoms with Crippen LogP contribution in [0.4, 0.5) is 0 Å². The second-order valence-corrected chi connectivity index (χ2v) is 6.23. The molecule has 0 spiro atoms. The first-order valence-corrected chi connectivity index (χ1v) is 8.38. The third-order valence-corrected chi connectivity index (χ3v) is 4.33. The van der Waals surface area contributed by atoms with Gasteiger partial charge in [-0.05, 0) is 25.1 Å². The maximum absolute atomic E-state index is 12.8. The van der Waals surface area contributed by atoms with Gasteiger partial charge in [0, 0.05) is 50.0 Å². The summed E-state index contributed by atoms with van der Waals surface area (Å²) in [5.41, 5.74) is 1.58. The Bertz CT molecular complexity index is 744. The van der Waals surface area contributed by atoms with Crippen molar-refractivity contribution in [1.29, 1.82) is 0 Å². The van der Waals surface area contributed by atoms with Gasteiger partial charge in [-0.3, -0.25) is 9.48 Å². The Kier molecular flexibility index (Phi) is 5.23. The van der Waals surface area contributed by atoms with Gasteiger partial charge in [-0.2, -0.15) is 5.10 Å². The Hall–Kier alpha value is -2.54. The fourth-order valence-corrected chi connectivity index (χ4v) is 2.94. The summed E-state index contributed by atoms with van der Waals surface area (Å²) in [6.45, 7) is 4.79. The Morgan fingerprint density at radius 1 is 1.40 bits per heavy atom. The van der Waals surface area contributed by atoms with Gasteiger partial charge in [-0.15, -0.1) is 0 Å². The maximum Gasteiger partial charge on any atom is 0.254 e. The molecule has 1 aliphatic heterocycles. The van der Waals surface area contributed by atoms with E-state index in [0.717, 1.165) is 18.7 Å². The van der Waals surface area contributed by atoms with Crippen LogP contribution in [0.3, 0.4) is 0 Å². The maximum atomic E-state index is 12.8. The standard InChI is InChI=1S/C18H24N4O3/c1-13-9-19-6-7-22(13)18(23)15-4-5-16(17(8-15)24-3)25-12-14-10-20-21(2)11-14/h4-5,8,10-11,13,19H,6-7,9,12H2,1-3H3/t13-/m1/s1. The summed E-state index contributed by atoms with van der Waals surface area (Å²) < 4.78 is 13.0. The predicted octanol–water partition coefficient (Wildman–Crippen LogP) is 1.44. The van der Waals surface area contributed by atoms with Crippen molar-refractivity contribution < 1.29 is 14.3 Å². The topological polar surface area (TPSA) is 68.6 Å². The molecular formula is C18H24N4O3. The molecule has 0 bridgehead atoms. The number of hydrogen-bond acceptors (Lipinski definition) is 5. The molecule has 2 aromatic rings. The molecular weight excluding hydrogens is 320 g/mol. The number of aryl methyl sites for hydroxylation is 1. The molecule has 0 unspecified atom stereocenters. The molecule has 134 valence electrons. The van der Waals surface area contributed by atoms with Gasteiger partial charge in [0.25, 0.3) is 5.91 Å². The van der Waals surface area contributed by atoms with E-state index in [0.29, 0.717) is 30.2 Å². The lowest BCUT2D eigenvalue weighted by Gasteiger charge is -2.34. The number of rotatable bonds is 5. The highest BCUT2D eigenvalue weighted by Crippen LogP contribution is 2.29. The van der Waals surface area contributed by atoms with Crippen molar-refractivity contribution in [3.63, 3.8) is 0 Å². The number of aromatic nitrogens is 2. The van der Waals surface area contributed by atoms with Gasteiger partial charge in [-0.25, -0.2) is 0 Å². The van der Waals surface area contributed by atoms with Crippen molar-refractivity contribution in [2.24, 2.45) is 7.05 Å². The number of nitrogens with zero attached hydrogens (tertiary/aromatic N) is 3. The van der Waals surface area contributed by atoms with Gasteiger partial charge in [0.2, 0.25) is 0 Å². The molecule has 1 N–H and O–H groups in total. The molecule has 0 saturated carbocycles. The van der Waals surface area contributed by atoms with E-state index < -0.39 is 0 Å². The highest BCUT2D eigenvalue weighted by molar-refractivity contribution is 5.95. The molecule has 1 aromatic carbocycles. The normalized spacial score (nSPS) is 17.4. The molecule has 1 aliphatic rings. The largest absolute Gasteiger partial charge is 0.493 e. The van der Waals surface area contributed by atoms with Gasteiger partial charge in [0.05, 0.1) is 13.3 Å². The van der Waals surface area contributed by atoms with Gasteiger partial charge in [0.15, 0.2) is 11.5 Å². The van der Waals surface area contributed by atoms with E-state index in [1.807, 2.05) is 25.1 Å². The van der Waals surface area contributed by atoms with Crippen molar-refractivity contribution in [2.45, 2.75) is 19.6 Å². The molecule has 1 aromatic heterocycles. The minimum absolute atomic E-state index is 0.0195. The lowest BCUT2D eigenvalue weighted by atomic mass is 10.1. The second kappa shape index (κ2) is 7.57. The van der Waals surface area contributed by atoms with Crippen LogP contribution in [0.2, 0.25) is 0 Å². The lowest BCUT2D eigenvalue weighted by Crippen LogP contribution is -2.52. The number of nitrogens with one attached hydrogen (secondary N) is 1. The van der Waals surface area contributed by atoms with Crippen LogP contribution in [0.25, 0.3) is 0 Å². The van der Waals surface area contributed by atoms with Crippen LogP contribution < -0.4 is 14.8 Å². The van der Waals surface area contributed by atoms with E-state index in [9.17, 15) is 4.79 Å². The van der Waals surface area contributed by atoms with E-state index in [1.165, 1.54) is 0 Å². The average molecular weight is 344 g/mol. The van der Waals surface area contributed by atoms with Crippen LogP contribution in [0.1, 0.15) is 22.8 Å². The highest BCUT2D eigenvalue weighted by Gasteiger charge is 2.24. The van der Waals surface area contributed by atoms with E-state index >= 15 is 0 Å². The van der Waals surface area contributed by atoms with Gasteiger partial charge < -0.3 is 19.7 Å². The van der Waals surface area contributed by atoms with E-state index in [-0.39, 0.29) is 11.9 Å². The van der Waals surface area contributed by atoms with Crippen molar-refractivity contribution in [1.82, 2.24) is 20.0 Å². The van der Waals surface area contributed by atoms with Crippen molar-refractivity contribution in [3.8, 4) is 11.5 Å². The second-order valence-electron chi connectivity index (χ2n) is 6.23. The van der Waals surface area contributed by atoms with E-state index in [4.69, 9.17) is 9.47 Å². The van der Waals surface area contributed by atoms with Crippen LogP contribution in [-0.4, -0.2) is 53.4 Å². The summed E-state index contributed by atoms with van der Waals surface area (Å²) in [4.78, 5) is 14.7. The van der Waals surface area contributed by atoms with Crippen molar-refractivity contribution >= 4 is 5.91 Å². The minimum Gasteiger partial charge on any atom is -0.493 e. The van der Waals surface area contributed by atoms with Crippen LogP contribution in [0.15, 0.2) is 30.6 Å². The molecule has 1 amide bonds. The number of ether oxygens (including phenoxy) is 2. The number of methoxy groups -OCH3 is 1. The summed E-state index contributed by atoms with van der Waals surface area (Å²) in [5.74, 6) is 1.18. The van der Waals surface area contributed by atoms with Crippen LogP contribution in [0, 0.1) is 0 Å². The Morgan fingerprint density at radius 3 is 2.92 bits per heavy atom. The number of carbonyl (C=O) groups is 1. The predicted molar refractivity (Wildman–Crippen MR) is 93.9 cm³/mol. The molecule has 1 saturated heterocycles. The van der Waals surface area contributed by atoms with E-state index in [2.05, 4.69) is 10.4 Å². The zero-order chi connectivity index (χ0) is 17.8. The third-order valence-electron chi connectivity index (χ3n) is 4.33. The molecule has 7 heteroatoms. The van der Waals surface area contributed by atoms with Crippen molar-refractivity contribution in [2.75, 3.05) is 26.7 Å². The minimum atomic E-state index is 0.0195. The molecule has 1 atom stereocenters. The van der Waals surface area contributed by atoms with Gasteiger partial charge >= 0.3 is 0 Å². The summed E-state index contributed by atoms with van der Waals surface area (Å²) in [6, 6.07) is 5.50. The molecule has 2 heterocycles. The van der Waals surface area contributed by atoms with Crippen molar-refractivity contribution in [3.05, 3.63) is 41.7 Å². The summed E-state index contributed by atoms with van der Waals surface area (Å²) >= 11 is 0. The number of hydrogen-bond donors (Lipinski definition) is 1.